The van der Waals surface area contributed by atoms with E-state index in [9.17, 15) is 4.79 Å². The van der Waals surface area contributed by atoms with E-state index < -0.39 is 0 Å². The van der Waals surface area contributed by atoms with E-state index in [2.05, 4.69) is 25.3 Å². The zero-order valence-corrected chi connectivity index (χ0v) is 12.2. The Morgan fingerprint density at radius 2 is 2.20 bits per heavy atom. The third-order valence-corrected chi connectivity index (χ3v) is 4.35. The average molecular weight is 278 g/mol. The first-order valence-corrected chi connectivity index (χ1v) is 7.37. The number of nitrogens with zero attached hydrogens (tertiary/aromatic N) is 6. The van der Waals surface area contributed by atoms with Crippen LogP contribution in [0, 0.1) is 0 Å². The van der Waals surface area contributed by atoms with Gasteiger partial charge < -0.3 is 4.90 Å². The van der Waals surface area contributed by atoms with E-state index in [0.29, 0.717) is 12.1 Å². The molecule has 7 nitrogen and oxygen atoms in total. The van der Waals surface area contributed by atoms with Crippen molar-refractivity contribution in [2.75, 3.05) is 13.1 Å². The molecule has 20 heavy (non-hydrogen) atoms. The molecular weight excluding hydrogens is 256 g/mol. The maximum absolute atomic E-state index is 11.8. The summed E-state index contributed by atoms with van der Waals surface area (Å²) in [6.07, 6.45) is 4.67. The van der Waals surface area contributed by atoms with Crippen LogP contribution in [0.4, 0.5) is 0 Å². The van der Waals surface area contributed by atoms with Gasteiger partial charge in [-0.1, -0.05) is 0 Å². The number of hydrogen-bond donors (Lipinski definition) is 0. The minimum Gasteiger partial charge on any atom is -0.338 e. The second-order valence-corrected chi connectivity index (χ2v) is 5.89. The molecule has 0 bridgehead atoms. The van der Waals surface area contributed by atoms with Gasteiger partial charge in [0.2, 0.25) is 5.91 Å². The van der Waals surface area contributed by atoms with Gasteiger partial charge in [0.25, 0.3) is 0 Å². The molecular formula is C13H22N6O. The van der Waals surface area contributed by atoms with Crippen molar-refractivity contribution in [3.05, 3.63) is 5.82 Å². The van der Waals surface area contributed by atoms with E-state index in [1.54, 1.807) is 11.6 Å². The molecule has 1 saturated heterocycles. The van der Waals surface area contributed by atoms with Crippen molar-refractivity contribution in [2.24, 2.45) is 7.05 Å². The number of hydrogen-bond acceptors (Lipinski definition) is 5. The molecule has 1 saturated carbocycles. The lowest BCUT2D eigenvalue weighted by atomic mass is 10.2. The molecule has 0 N–H and O–H groups in total. The molecule has 0 radical (unpaired) electrons. The first kappa shape index (κ1) is 13.5. The van der Waals surface area contributed by atoms with Gasteiger partial charge in [-0.05, 0) is 42.7 Å². The van der Waals surface area contributed by atoms with Crippen molar-refractivity contribution >= 4 is 5.91 Å². The summed E-state index contributed by atoms with van der Waals surface area (Å²) in [5, 5.41) is 11.6. The minimum atomic E-state index is 0.208. The number of aryl methyl sites for hydroxylation is 1. The standard InChI is InChI=1S/C13H22N6O/c1-10(20)19(11-5-6-11)8-12-4-3-7-18(12)9-13-14-15-16-17(13)2/h11-12H,3-9H2,1-2H3. The Balaban J connectivity index is 1.63. The van der Waals surface area contributed by atoms with Gasteiger partial charge in [-0.15, -0.1) is 5.10 Å². The van der Waals surface area contributed by atoms with Gasteiger partial charge in [0.15, 0.2) is 5.82 Å². The monoisotopic (exact) mass is 278 g/mol. The molecule has 7 heteroatoms. The molecule has 110 valence electrons. The Morgan fingerprint density at radius 3 is 2.80 bits per heavy atom. The van der Waals surface area contributed by atoms with Gasteiger partial charge in [-0.2, -0.15) is 0 Å². The normalized spacial score (nSPS) is 23.2. The number of amides is 1. The Bertz CT molecular complexity index is 483. The smallest absolute Gasteiger partial charge is 0.219 e. The Hall–Kier alpha value is -1.50. The molecule has 1 aliphatic carbocycles. The molecule has 0 spiro atoms. The van der Waals surface area contributed by atoms with Crippen LogP contribution in [0.15, 0.2) is 0 Å². The summed E-state index contributed by atoms with van der Waals surface area (Å²) in [5.41, 5.74) is 0. The molecule has 2 aliphatic rings. The zero-order valence-electron chi connectivity index (χ0n) is 12.2. The molecule has 2 fully saturated rings. The van der Waals surface area contributed by atoms with Gasteiger partial charge in [0.1, 0.15) is 0 Å². The van der Waals surface area contributed by atoms with Crippen molar-refractivity contribution in [3.63, 3.8) is 0 Å². The maximum atomic E-state index is 11.8. The number of aromatic nitrogens is 4. The van der Waals surface area contributed by atoms with Crippen LogP contribution in [0.1, 0.15) is 38.4 Å². The van der Waals surface area contributed by atoms with E-state index in [1.165, 1.54) is 19.3 Å². The maximum Gasteiger partial charge on any atom is 0.219 e. The lowest BCUT2D eigenvalue weighted by Crippen LogP contribution is -2.43. The third kappa shape index (κ3) is 2.82. The van der Waals surface area contributed by atoms with Gasteiger partial charge in [-0.25, -0.2) is 4.68 Å². The number of tetrazole rings is 1. The summed E-state index contributed by atoms with van der Waals surface area (Å²) < 4.78 is 1.72. The van der Waals surface area contributed by atoms with Crippen molar-refractivity contribution in [1.82, 2.24) is 30.0 Å². The predicted octanol–water partition coefficient (Wildman–Crippen LogP) is 0.185. The highest BCUT2D eigenvalue weighted by Gasteiger charge is 2.35. The van der Waals surface area contributed by atoms with Crippen LogP contribution in [0.2, 0.25) is 0 Å². The molecule has 1 aromatic heterocycles. The van der Waals surface area contributed by atoms with Gasteiger partial charge in [0.05, 0.1) is 6.54 Å². The fourth-order valence-electron chi connectivity index (χ4n) is 3.02. The quantitative estimate of drug-likeness (QED) is 0.769. The van der Waals surface area contributed by atoms with Crippen molar-refractivity contribution in [1.29, 1.82) is 0 Å². The molecule has 1 amide bonds. The summed E-state index contributed by atoms with van der Waals surface area (Å²) in [6, 6.07) is 0.933. The highest BCUT2D eigenvalue weighted by molar-refractivity contribution is 5.74. The third-order valence-electron chi connectivity index (χ3n) is 4.35. The molecule has 2 heterocycles. The van der Waals surface area contributed by atoms with Gasteiger partial charge >= 0.3 is 0 Å². The summed E-state index contributed by atoms with van der Waals surface area (Å²) in [4.78, 5) is 16.2. The second kappa shape index (κ2) is 5.47. The lowest BCUT2D eigenvalue weighted by Gasteiger charge is -2.30. The van der Waals surface area contributed by atoms with E-state index >= 15 is 0 Å². The Kier molecular flexibility index (Phi) is 3.69. The summed E-state index contributed by atoms with van der Waals surface area (Å²) in [7, 11) is 1.87. The topological polar surface area (TPSA) is 67.2 Å². The van der Waals surface area contributed by atoms with E-state index in [0.717, 1.165) is 31.9 Å². The van der Waals surface area contributed by atoms with Crippen LogP contribution in [-0.4, -0.2) is 61.1 Å². The van der Waals surface area contributed by atoms with E-state index in [4.69, 9.17) is 0 Å². The van der Waals surface area contributed by atoms with Crippen LogP contribution in [0.3, 0.4) is 0 Å². The average Bonchev–Trinajstić information content (AvgIpc) is 3.03. The molecule has 1 aliphatic heterocycles. The Morgan fingerprint density at radius 1 is 1.40 bits per heavy atom. The summed E-state index contributed by atoms with van der Waals surface area (Å²) in [5.74, 6) is 1.09. The van der Waals surface area contributed by atoms with Crippen molar-refractivity contribution < 1.29 is 4.79 Å². The van der Waals surface area contributed by atoms with Crippen molar-refractivity contribution in [3.8, 4) is 0 Å². The lowest BCUT2D eigenvalue weighted by molar-refractivity contribution is -0.130. The first-order valence-electron chi connectivity index (χ1n) is 7.37. The van der Waals surface area contributed by atoms with Crippen LogP contribution >= 0.6 is 0 Å². The van der Waals surface area contributed by atoms with Crippen LogP contribution < -0.4 is 0 Å². The summed E-state index contributed by atoms with van der Waals surface area (Å²) in [6.45, 7) is 4.37. The van der Waals surface area contributed by atoms with Crippen LogP contribution in [-0.2, 0) is 18.4 Å². The van der Waals surface area contributed by atoms with Crippen molar-refractivity contribution in [2.45, 2.75) is 51.2 Å². The predicted molar refractivity (Wildman–Crippen MR) is 72.6 cm³/mol. The molecule has 0 aromatic carbocycles. The highest BCUT2D eigenvalue weighted by Crippen LogP contribution is 2.29. The number of carbonyl (C=O) groups is 1. The molecule has 3 rings (SSSR count). The first-order chi connectivity index (χ1) is 9.65. The summed E-state index contributed by atoms with van der Waals surface area (Å²) >= 11 is 0. The van der Waals surface area contributed by atoms with Crippen LogP contribution in [0.5, 0.6) is 0 Å². The largest absolute Gasteiger partial charge is 0.338 e. The fraction of sp³-hybridized carbons (Fsp3) is 0.846. The highest BCUT2D eigenvalue weighted by atomic mass is 16.2. The van der Waals surface area contributed by atoms with Gasteiger partial charge in [0, 0.05) is 32.6 Å². The second-order valence-electron chi connectivity index (χ2n) is 5.89. The van der Waals surface area contributed by atoms with Gasteiger partial charge in [-0.3, -0.25) is 9.69 Å². The number of rotatable bonds is 5. The Labute approximate surface area is 118 Å². The van der Waals surface area contributed by atoms with Crippen LogP contribution in [0.25, 0.3) is 0 Å². The number of likely N-dealkylation sites (tertiary alicyclic amines) is 1. The molecule has 1 atom stereocenters. The number of carbonyl (C=O) groups excluding carboxylic acids is 1. The van der Waals surface area contributed by atoms with E-state index in [1.807, 2.05) is 7.05 Å². The molecule has 1 aromatic rings. The fourth-order valence-corrected chi connectivity index (χ4v) is 3.02. The SMILES string of the molecule is CC(=O)N(CC1CCCN1Cc1nnnn1C)C1CC1. The molecule has 1 unspecified atom stereocenters. The van der Waals surface area contributed by atoms with E-state index in [-0.39, 0.29) is 5.91 Å². The zero-order chi connectivity index (χ0) is 14.1. The minimum absolute atomic E-state index is 0.208.